The number of para-hydroxylation sites is 1. The van der Waals surface area contributed by atoms with Gasteiger partial charge in [0.05, 0.1) is 12.4 Å². The first kappa shape index (κ1) is 16.3. The number of benzene rings is 1. The predicted molar refractivity (Wildman–Crippen MR) is 79.4 cm³/mol. The van der Waals surface area contributed by atoms with Crippen LogP contribution in [0.3, 0.4) is 0 Å². The summed E-state index contributed by atoms with van der Waals surface area (Å²) in [6.07, 6.45) is 2.60. The molecule has 0 aliphatic heterocycles. The van der Waals surface area contributed by atoms with Gasteiger partial charge in [0.1, 0.15) is 5.75 Å². The summed E-state index contributed by atoms with van der Waals surface area (Å²) in [6, 6.07) is 7.82. The minimum atomic E-state index is -3.47. The van der Waals surface area contributed by atoms with Crippen molar-refractivity contribution in [2.24, 2.45) is 5.92 Å². The van der Waals surface area contributed by atoms with Gasteiger partial charge in [-0.3, -0.25) is 0 Å². The van der Waals surface area contributed by atoms with Gasteiger partial charge in [-0.1, -0.05) is 38.5 Å². The first-order valence-electron chi connectivity index (χ1n) is 6.59. The highest BCUT2D eigenvalue weighted by Crippen LogP contribution is 2.21. The quantitative estimate of drug-likeness (QED) is 0.689. The minimum absolute atomic E-state index is 0.0311. The highest BCUT2D eigenvalue weighted by atomic mass is 35.7. The van der Waals surface area contributed by atoms with Crippen molar-refractivity contribution in [3.63, 3.8) is 0 Å². The van der Waals surface area contributed by atoms with Gasteiger partial charge in [-0.05, 0) is 24.5 Å². The summed E-state index contributed by atoms with van der Waals surface area (Å²) in [5, 5.41) is 0. The molecule has 0 fully saturated rings. The van der Waals surface area contributed by atoms with E-state index < -0.39 is 9.05 Å². The zero-order valence-corrected chi connectivity index (χ0v) is 13.0. The molecule has 0 heterocycles. The summed E-state index contributed by atoms with van der Waals surface area (Å²) in [5.74, 6) is 0.743. The Morgan fingerprint density at radius 1 is 1.26 bits per heavy atom. The second-order valence-corrected chi connectivity index (χ2v) is 7.45. The van der Waals surface area contributed by atoms with Crippen molar-refractivity contribution in [1.82, 2.24) is 0 Å². The van der Waals surface area contributed by atoms with Crippen LogP contribution in [0, 0.1) is 5.92 Å². The van der Waals surface area contributed by atoms with E-state index in [1.807, 2.05) is 31.2 Å². The normalized spacial score (nSPS) is 13.2. The number of halogens is 1. The third kappa shape index (κ3) is 6.30. The van der Waals surface area contributed by atoms with Crippen molar-refractivity contribution in [3.8, 4) is 5.75 Å². The SMILES string of the molecule is CCCC(COc1ccccc1CC)CS(=O)(=O)Cl. The van der Waals surface area contributed by atoms with Crippen LogP contribution in [0.25, 0.3) is 0 Å². The third-order valence-electron chi connectivity index (χ3n) is 2.96. The standard InChI is InChI=1S/C14H21ClO3S/c1-3-7-12(11-19(15,16)17)10-18-14-9-6-5-8-13(14)4-2/h5-6,8-9,12H,3-4,7,10-11H2,1-2H3. The molecule has 1 unspecified atom stereocenters. The smallest absolute Gasteiger partial charge is 0.232 e. The van der Waals surface area contributed by atoms with Crippen LogP contribution in [-0.2, 0) is 15.5 Å². The average molecular weight is 305 g/mol. The van der Waals surface area contributed by atoms with E-state index >= 15 is 0 Å². The molecule has 1 rings (SSSR count). The highest BCUT2D eigenvalue weighted by molar-refractivity contribution is 8.13. The Hall–Kier alpha value is -0.740. The molecule has 0 saturated carbocycles. The summed E-state index contributed by atoms with van der Waals surface area (Å²) in [4.78, 5) is 0. The summed E-state index contributed by atoms with van der Waals surface area (Å²) in [6.45, 7) is 4.47. The van der Waals surface area contributed by atoms with Crippen LogP contribution >= 0.6 is 10.7 Å². The maximum absolute atomic E-state index is 11.2. The van der Waals surface area contributed by atoms with E-state index in [4.69, 9.17) is 15.4 Å². The fourth-order valence-electron chi connectivity index (χ4n) is 2.05. The number of ether oxygens (including phenoxy) is 1. The van der Waals surface area contributed by atoms with Gasteiger partial charge >= 0.3 is 0 Å². The molecule has 0 aliphatic carbocycles. The van der Waals surface area contributed by atoms with Crippen molar-refractivity contribution in [1.29, 1.82) is 0 Å². The molecule has 0 saturated heterocycles. The van der Waals surface area contributed by atoms with E-state index in [-0.39, 0.29) is 11.7 Å². The number of aryl methyl sites for hydroxylation is 1. The molecule has 0 bridgehead atoms. The number of rotatable bonds is 8. The van der Waals surface area contributed by atoms with Crippen molar-refractivity contribution in [2.75, 3.05) is 12.4 Å². The molecule has 108 valence electrons. The number of hydrogen-bond acceptors (Lipinski definition) is 3. The van der Waals surface area contributed by atoms with Crippen LogP contribution in [0.4, 0.5) is 0 Å². The fourth-order valence-corrected chi connectivity index (χ4v) is 3.41. The Kier molecular flexibility index (Phi) is 6.66. The molecular weight excluding hydrogens is 284 g/mol. The summed E-state index contributed by atoms with van der Waals surface area (Å²) in [5.41, 5.74) is 1.13. The van der Waals surface area contributed by atoms with Crippen molar-refractivity contribution < 1.29 is 13.2 Å². The Morgan fingerprint density at radius 2 is 1.95 bits per heavy atom. The molecule has 0 aromatic heterocycles. The summed E-state index contributed by atoms with van der Waals surface area (Å²) in [7, 11) is 1.85. The predicted octanol–water partition coefficient (Wildman–Crippen LogP) is 3.61. The van der Waals surface area contributed by atoms with Crippen LogP contribution in [0.2, 0.25) is 0 Å². The second-order valence-electron chi connectivity index (χ2n) is 4.63. The monoisotopic (exact) mass is 304 g/mol. The largest absolute Gasteiger partial charge is 0.493 e. The zero-order valence-electron chi connectivity index (χ0n) is 11.4. The van der Waals surface area contributed by atoms with E-state index in [2.05, 4.69) is 6.92 Å². The van der Waals surface area contributed by atoms with Crippen molar-refractivity contribution >= 4 is 19.7 Å². The fraction of sp³-hybridized carbons (Fsp3) is 0.571. The first-order valence-corrected chi connectivity index (χ1v) is 9.07. The average Bonchev–Trinajstić information content (AvgIpc) is 2.35. The Balaban J connectivity index is 2.65. The molecule has 0 spiro atoms. The first-order chi connectivity index (χ1) is 8.96. The Labute approximate surface area is 120 Å². The van der Waals surface area contributed by atoms with Gasteiger partial charge in [0, 0.05) is 16.6 Å². The van der Waals surface area contributed by atoms with Crippen LogP contribution in [0.1, 0.15) is 32.3 Å². The van der Waals surface area contributed by atoms with Crippen molar-refractivity contribution in [2.45, 2.75) is 33.1 Å². The van der Waals surface area contributed by atoms with Gasteiger partial charge in [-0.25, -0.2) is 8.42 Å². The highest BCUT2D eigenvalue weighted by Gasteiger charge is 2.17. The van der Waals surface area contributed by atoms with Gasteiger partial charge in [-0.2, -0.15) is 0 Å². The summed E-state index contributed by atoms with van der Waals surface area (Å²) < 4.78 is 28.1. The van der Waals surface area contributed by atoms with Crippen LogP contribution in [0.15, 0.2) is 24.3 Å². The maximum Gasteiger partial charge on any atom is 0.232 e. The number of hydrogen-bond donors (Lipinski definition) is 0. The third-order valence-corrected chi connectivity index (χ3v) is 4.21. The molecule has 0 radical (unpaired) electrons. The van der Waals surface area contributed by atoms with E-state index in [1.54, 1.807) is 0 Å². The van der Waals surface area contributed by atoms with Crippen molar-refractivity contribution in [3.05, 3.63) is 29.8 Å². The van der Waals surface area contributed by atoms with E-state index in [0.717, 1.165) is 30.6 Å². The van der Waals surface area contributed by atoms with Gasteiger partial charge in [-0.15, -0.1) is 0 Å². The summed E-state index contributed by atoms with van der Waals surface area (Å²) >= 11 is 0. The van der Waals surface area contributed by atoms with Gasteiger partial charge in [0.2, 0.25) is 9.05 Å². The molecule has 5 heteroatoms. The van der Waals surface area contributed by atoms with Gasteiger partial charge in [0.15, 0.2) is 0 Å². The second kappa shape index (κ2) is 7.75. The lowest BCUT2D eigenvalue weighted by atomic mass is 10.1. The van der Waals surface area contributed by atoms with Crippen LogP contribution < -0.4 is 4.74 Å². The molecule has 0 amide bonds. The molecule has 19 heavy (non-hydrogen) atoms. The lowest BCUT2D eigenvalue weighted by Crippen LogP contribution is -2.20. The molecule has 0 aliphatic rings. The molecule has 1 aromatic carbocycles. The molecular formula is C14H21ClO3S. The molecule has 0 N–H and O–H groups in total. The lowest BCUT2D eigenvalue weighted by Gasteiger charge is -2.17. The molecule has 3 nitrogen and oxygen atoms in total. The molecule has 1 atom stereocenters. The maximum atomic E-state index is 11.2. The Bertz CT molecular complexity index is 485. The lowest BCUT2D eigenvalue weighted by molar-refractivity contribution is 0.251. The van der Waals surface area contributed by atoms with Gasteiger partial charge in [0.25, 0.3) is 0 Å². The van der Waals surface area contributed by atoms with E-state index in [1.165, 1.54) is 0 Å². The Morgan fingerprint density at radius 3 is 2.53 bits per heavy atom. The van der Waals surface area contributed by atoms with E-state index in [0.29, 0.717) is 6.61 Å². The van der Waals surface area contributed by atoms with Crippen LogP contribution in [0.5, 0.6) is 5.75 Å². The molecule has 1 aromatic rings. The van der Waals surface area contributed by atoms with E-state index in [9.17, 15) is 8.42 Å². The van der Waals surface area contributed by atoms with Gasteiger partial charge < -0.3 is 4.74 Å². The topological polar surface area (TPSA) is 43.4 Å². The zero-order chi connectivity index (χ0) is 14.3. The minimum Gasteiger partial charge on any atom is -0.493 e. The van der Waals surface area contributed by atoms with Crippen LogP contribution in [-0.4, -0.2) is 20.8 Å².